The van der Waals surface area contributed by atoms with Gasteiger partial charge in [-0.2, -0.15) is 0 Å². The molecule has 3 aromatic rings. The van der Waals surface area contributed by atoms with Crippen molar-refractivity contribution < 1.29 is 9.18 Å². The molecule has 2 aromatic carbocycles. The molecule has 0 bridgehead atoms. The first-order valence-electron chi connectivity index (χ1n) is 8.08. The van der Waals surface area contributed by atoms with Gasteiger partial charge in [0.1, 0.15) is 5.82 Å². The van der Waals surface area contributed by atoms with Gasteiger partial charge < -0.3 is 15.2 Å². The normalized spacial score (nSPS) is 13.3. The zero-order valence-electron chi connectivity index (χ0n) is 13.7. The zero-order chi connectivity index (χ0) is 17.6. The van der Waals surface area contributed by atoms with Crippen molar-refractivity contribution in [1.29, 1.82) is 0 Å². The lowest BCUT2D eigenvalue weighted by molar-refractivity contribution is -0.119. The summed E-state index contributed by atoms with van der Waals surface area (Å²) in [5.41, 5.74) is 4.45. The molecule has 128 valence electrons. The quantitative estimate of drug-likeness (QED) is 0.740. The molecule has 2 N–H and O–H groups in total. The lowest BCUT2D eigenvalue weighted by Gasteiger charge is -2.19. The molecule has 0 fully saturated rings. The Kier molecular flexibility index (Phi) is 3.88. The lowest BCUT2D eigenvalue weighted by atomic mass is 10.1. The van der Waals surface area contributed by atoms with Crippen LogP contribution in [0.3, 0.4) is 0 Å². The Morgan fingerprint density at radius 3 is 2.92 bits per heavy atom. The maximum absolute atomic E-state index is 14.0. The van der Waals surface area contributed by atoms with E-state index in [4.69, 9.17) is 11.6 Å². The van der Waals surface area contributed by atoms with Crippen LogP contribution in [0.4, 0.5) is 10.1 Å². The second kappa shape index (κ2) is 6.08. The van der Waals surface area contributed by atoms with Crippen molar-refractivity contribution >= 4 is 34.1 Å². The van der Waals surface area contributed by atoms with Gasteiger partial charge in [0.2, 0.25) is 5.91 Å². The van der Waals surface area contributed by atoms with Crippen LogP contribution >= 0.6 is 11.6 Å². The van der Waals surface area contributed by atoms with Gasteiger partial charge in [0.05, 0.1) is 17.3 Å². The third kappa shape index (κ3) is 2.96. The Labute approximate surface area is 149 Å². The molecule has 6 heteroatoms. The molecule has 1 aliphatic rings. The first kappa shape index (κ1) is 16.0. The van der Waals surface area contributed by atoms with Crippen molar-refractivity contribution in [3.63, 3.8) is 0 Å². The number of carbonyl (C=O) groups excluding carboxylic acids is 1. The predicted molar refractivity (Wildman–Crippen MR) is 97.1 cm³/mol. The Hall–Kier alpha value is -2.53. The van der Waals surface area contributed by atoms with E-state index in [1.807, 2.05) is 24.3 Å². The van der Waals surface area contributed by atoms with Crippen molar-refractivity contribution in [1.82, 2.24) is 10.3 Å². The summed E-state index contributed by atoms with van der Waals surface area (Å²) < 4.78 is 14.0. The third-order valence-electron chi connectivity index (χ3n) is 4.54. The highest BCUT2D eigenvalue weighted by Crippen LogP contribution is 2.36. The number of benzene rings is 2. The van der Waals surface area contributed by atoms with Gasteiger partial charge in [-0.3, -0.25) is 4.79 Å². The molecule has 1 aromatic heterocycles. The number of rotatable bonds is 3. The van der Waals surface area contributed by atoms with Crippen LogP contribution in [-0.2, 0) is 24.4 Å². The van der Waals surface area contributed by atoms with Crippen LogP contribution in [-0.4, -0.2) is 10.9 Å². The Bertz CT molecular complexity index is 982. The molecular formula is C19H17ClFN3O. The minimum absolute atomic E-state index is 0.0748. The fourth-order valence-corrected chi connectivity index (χ4v) is 3.60. The van der Waals surface area contributed by atoms with Crippen LogP contribution in [0.15, 0.2) is 36.4 Å². The Balaban J connectivity index is 1.65. The van der Waals surface area contributed by atoms with E-state index in [0.717, 1.165) is 33.4 Å². The SMILES string of the molecule is CC(=O)NCc1cc2cc(Cl)c(N3Cc4cccc(F)c4C3)cc2[nH]1. The number of fused-ring (bicyclic) bond motifs is 2. The minimum atomic E-state index is -0.172. The number of hydrogen-bond donors (Lipinski definition) is 2. The molecule has 0 unspecified atom stereocenters. The summed E-state index contributed by atoms with van der Waals surface area (Å²) in [6.07, 6.45) is 0. The topological polar surface area (TPSA) is 48.1 Å². The van der Waals surface area contributed by atoms with Gasteiger partial charge in [0, 0.05) is 42.2 Å². The summed E-state index contributed by atoms with van der Waals surface area (Å²) in [6, 6.07) is 11.0. The summed E-state index contributed by atoms with van der Waals surface area (Å²) >= 11 is 6.48. The number of aromatic nitrogens is 1. The fraction of sp³-hybridized carbons (Fsp3) is 0.211. The van der Waals surface area contributed by atoms with E-state index in [1.54, 1.807) is 6.07 Å². The maximum Gasteiger partial charge on any atom is 0.217 e. The van der Waals surface area contributed by atoms with Crippen LogP contribution in [0.1, 0.15) is 23.7 Å². The van der Waals surface area contributed by atoms with Crippen molar-refractivity contribution in [2.45, 2.75) is 26.6 Å². The number of anilines is 1. The van der Waals surface area contributed by atoms with E-state index in [2.05, 4.69) is 15.2 Å². The van der Waals surface area contributed by atoms with Gasteiger partial charge in [-0.25, -0.2) is 4.39 Å². The van der Waals surface area contributed by atoms with Gasteiger partial charge in [0.15, 0.2) is 0 Å². The molecule has 4 rings (SSSR count). The average molecular weight is 358 g/mol. The molecule has 0 radical (unpaired) electrons. The molecule has 0 saturated heterocycles. The van der Waals surface area contributed by atoms with Crippen LogP contribution in [0.2, 0.25) is 5.02 Å². The van der Waals surface area contributed by atoms with Crippen molar-refractivity contribution in [2.75, 3.05) is 4.90 Å². The molecule has 25 heavy (non-hydrogen) atoms. The number of nitrogens with one attached hydrogen (secondary N) is 2. The number of halogens is 2. The molecular weight excluding hydrogens is 341 g/mol. The van der Waals surface area contributed by atoms with Crippen molar-refractivity contribution in [3.8, 4) is 0 Å². The number of nitrogens with zero attached hydrogens (tertiary/aromatic N) is 1. The van der Waals surface area contributed by atoms with E-state index in [9.17, 15) is 9.18 Å². The van der Waals surface area contributed by atoms with Gasteiger partial charge in [0.25, 0.3) is 0 Å². The highest BCUT2D eigenvalue weighted by molar-refractivity contribution is 6.34. The van der Waals surface area contributed by atoms with Crippen molar-refractivity contribution in [2.24, 2.45) is 0 Å². The van der Waals surface area contributed by atoms with Gasteiger partial charge in [-0.05, 0) is 29.8 Å². The predicted octanol–water partition coefficient (Wildman–Crippen LogP) is 4.12. The third-order valence-corrected chi connectivity index (χ3v) is 4.84. The first-order valence-corrected chi connectivity index (χ1v) is 8.46. The first-order chi connectivity index (χ1) is 12.0. The molecule has 1 aliphatic heterocycles. The zero-order valence-corrected chi connectivity index (χ0v) is 14.5. The summed E-state index contributed by atoms with van der Waals surface area (Å²) in [5.74, 6) is -0.246. The fourth-order valence-electron chi connectivity index (χ4n) is 3.31. The second-order valence-corrected chi connectivity index (χ2v) is 6.74. The van der Waals surface area contributed by atoms with Crippen LogP contribution in [0.5, 0.6) is 0 Å². The number of aromatic amines is 1. The molecule has 4 nitrogen and oxygen atoms in total. The van der Waals surface area contributed by atoms with Gasteiger partial charge in [-0.1, -0.05) is 23.7 Å². The summed E-state index contributed by atoms with van der Waals surface area (Å²) in [4.78, 5) is 16.4. The van der Waals surface area contributed by atoms with E-state index in [0.29, 0.717) is 24.7 Å². The Morgan fingerprint density at radius 1 is 1.32 bits per heavy atom. The molecule has 2 heterocycles. The minimum Gasteiger partial charge on any atom is -0.361 e. The highest BCUT2D eigenvalue weighted by Gasteiger charge is 2.24. The van der Waals surface area contributed by atoms with E-state index < -0.39 is 0 Å². The number of carbonyl (C=O) groups is 1. The van der Waals surface area contributed by atoms with Crippen LogP contribution in [0, 0.1) is 5.82 Å². The van der Waals surface area contributed by atoms with E-state index in [1.165, 1.54) is 13.0 Å². The van der Waals surface area contributed by atoms with Crippen molar-refractivity contribution in [3.05, 3.63) is 64.1 Å². The number of hydrogen-bond acceptors (Lipinski definition) is 2. The van der Waals surface area contributed by atoms with Crippen LogP contribution < -0.4 is 10.2 Å². The molecule has 1 amide bonds. The van der Waals surface area contributed by atoms with Gasteiger partial charge >= 0.3 is 0 Å². The number of amides is 1. The Morgan fingerprint density at radius 2 is 2.16 bits per heavy atom. The average Bonchev–Trinajstić information content (AvgIpc) is 3.16. The summed E-state index contributed by atoms with van der Waals surface area (Å²) in [7, 11) is 0. The molecule has 0 spiro atoms. The smallest absolute Gasteiger partial charge is 0.217 e. The molecule has 0 atom stereocenters. The van der Waals surface area contributed by atoms with E-state index in [-0.39, 0.29) is 11.7 Å². The molecule has 0 aliphatic carbocycles. The van der Waals surface area contributed by atoms with Gasteiger partial charge in [-0.15, -0.1) is 0 Å². The van der Waals surface area contributed by atoms with E-state index >= 15 is 0 Å². The van der Waals surface area contributed by atoms with Crippen LogP contribution in [0.25, 0.3) is 10.9 Å². The maximum atomic E-state index is 14.0. The monoisotopic (exact) mass is 357 g/mol. The summed E-state index contributed by atoms with van der Waals surface area (Å²) in [6.45, 7) is 3.07. The lowest BCUT2D eigenvalue weighted by Crippen LogP contribution is -2.18. The largest absolute Gasteiger partial charge is 0.361 e. The standard InChI is InChI=1S/C19H17ClFN3O/c1-11(25)22-8-14-5-13-6-16(20)19(7-18(13)23-14)24-9-12-3-2-4-17(21)15(12)10-24/h2-7,23H,8-10H2,1H3,(H,22,25). The number of H-pyrrole nitrogens is 1. The summed E-state index contributed by atoms with van der Waals surface area (Å²) in [5, 5.41) is 4.38. The molecule has 0 saturated carbocycles. The second-order valence-electron chi connectivity index (χ2n) is 6.33. The highest BCUT2D eigenvalue weighted by atomic mass is 35.5.